The highest BCUT2D eigenvalue weighted by atomic mass is 16.5. The van der Waals surface area contributed by atoms with E-state index in [-0.39, 0.29) is 12.5 Å². The fourth-order valence-electron chi connectivity index (χ4n) is 1.59. The minimum absolute atomic E-state index is 0.0138. The van der Waals surface area contributed by atoms with Crippen LogP contribution in [0, 0.1) is 13.8 Å². The molecular weight excluding hydrogens is 230 g/mol. The molecule has 0 bridgehead atoms. The SMILES string of the molecule is Cc1cccc(OCCC(=O)N(C)CCO)c1C. The molecule has 0 fully saturated rings. The van der Waals surface area contributed by atoms with E-state index in [1.807, 2.05) is 32.0 Å². The quantitative estimate of drug-likeness (QED) is 0.834. The Bertz CT molecular complexity index is 404. The molecule has 0 atom stereocenters. The maximum atomic E-state index is 11.6. The van der Waals surface area contributed by atoms with E-state index in [4.69, 9.17) is 9.84 Å². The van der Waals surface area contributed by atoms with Gasteiger partial charge in [0.15, 0.2) is 0 Å². The van der Waals surface area contributed by atoms with E-state index < -0.39 is 0 Å². The van der Waals surface area contributed by atoms with Crippen LogP contribution in [-0.2, 0) is 4.79 Å². The van der Waals surface area contributed by atoms with Crippen molar-refractivity contribution in [2.45, 2.75) is 20.3 Å². The van der Waals surface area contributed by atoms with Gasteiger partial charge in [-0.2, -0.15) is 0 Å². The van der Waals surface area contributed by atoms with Crippen molar-refractivity contribution in [2.75, 3.05) is 26.8 Å². The molecule has 1 N–H and O–H groups in total. The minimum atomic E-state index is -0.0191. The van der Waals surface area contributed by atoms with Gasteiger partial charge in [0.2, 0.25) is 5.91 Å². The molecule has 0 spiro atoms. The van der Waals surface area contributed by atoms with Gasteiger partial charge in [-0.05, 0) is 31.0 Å². The summed E-state index contributed by atoms with van der Waals surface area (Å²) in [5.41, 5.74) is 2.28. The smallest absolute Gasteiger partial charge is 0.225 e. The molecular formula is C14H21NO3. The number of amides is 1. The van der Waals surface area contributed by atoms with Crippen molar-refractivity contribution < 1.29 is 14.6 Å². The van der Waals surface area contributed by atoms with Crippen LogP contribution in [-0.4, -0.2) is 42.7 Å². The van der Waals surface area contributed by atoms with E-state index in [0.717, 1.165) is 11.3 Å². The third kappa shape index (κ3) is 4.04. The lowest BCUT2D eigenvalue weighted by Crippen LogP contribution is -2.30. The normalized spacial score (nSPS) is 10.2. The molecule has 100 valence electrons. The molecule has 1 rings (SSSR count). The molecule has 0 aromatic heterocycles. The molecule has 0 aliphatic heterocycles. The van der Waals surface area contributed by atoms with Gasteiger partial charge in [-0.15, -0.1) is 0 Å². The zero-order valence-electron chi connectivity index (χ0n) is 11.3. The summed E-state index contributed by atoms with van der Waals surface area (Å²) in [6, 6.07) is 5.88. The van der Waals surface area contributed by atoms with Gasteiger partial charge in [0.05, 0.1) is 19.6 Å². The molecule has 0 aliphatic carbocycles. The van der Waals surface area contributed by atoms with Crippen LogP contribution in [0.3, 0.4) is 0 Å². The number of rotatable bonds is 6. The first-order valence-corrected chi connectivity index (χ1v) is 6.10. The number of carbonyl (C=O) groups excluding carboxylic acids is 1. The summed E-state index contributed by atoms with van der Waals surface area (Å²) in [6.07, 6.45) is 0.323. The van der Waals surface area contributed by atoms with Crippen LogP contribution in [0.25, 0.3) is 0 Å². The van der Waals surface area contributed by atoms with Crippen molar-refractivity contribution in [1.29, 1.82) is 0 Å². The summed E-state index contributed by atoms with van der Waals surface area (Å²) in [6.45, 7) is 4.74. The van der Waals surface area contributed by atoms with Crippen molar-refractivity contribution in [2.24, 2.45) is 0 Å². The number of carbonyl (C=O) groups is 1. The molecule has 4 heteroatoms. The van der Waals surface area contributed by atoms with Crippen molar-refractivity contribution in [3.05, 3.63) is 29.3 Å². The predicted molar refractivity (Wildman–Crippen MR) is 70.8 cm³/mol. The van der Waals surface area contributed by atoms with Crippen molar-refractivity contribution in [1.82, 2.24) is 4.90 Å². The van der Waals surface area contributed by atoms with E-state index in [0.29, 0.717) is 19.6 Å². The van der Waals surface area contributed by atoms with Gasteiger partial charge in [-0.1, -0.05) is 12.1 Å². The van der Waals surface area contributed by atoms with E-state index in [9.17, 15) is 4.79 Å². The van der Waals surface area contributed by atoms with Crippen LogP contribution in [0.5, 0.6) is 5.75 Å². The summed E-state index contributed by atoms with van der Waals surface area (Å²) >= 11 is 0. The van der Waals surface area contributed by atoms with Gasteiger partial charge >= 0.3 is 0 Å². The van der Waals surface area contributed by atoms with Crippen molar-refractivity contribution in [3.8, 4) is 5.75 Å². The van der Waals surface area contributed by atoms with Gasteiger partial charge in [0.25, 0.3) is 0 Å². The highest BCUT2D eigenvalue weighted by Gasteiger charge is 2.08. The van der Waals surface area contributed by atoms with Crippen LogP contribution < -0.4 is 4.74 Å². The first-order valence-electron chi connectivity index (χ1n) is 6.10. The number of hydrogen-bond acceptors (Lipinski definition) is 3. The van der Waals surface area contributed by atoms with Crippen molar-refractivity contribution >= 4 is 5.91 Å². The molecule has 0 unspecified atom stereocenters. The lowest BCUT2D eigenvalue weighted by molar-refractivity contribution is -0.130. The van der Waals surface area contributed by atoms with E-state index in [1.54, 1.807) is 7.05 Å². The molecule has 4 nitrogen and oxygen atoms in total. The fourth-order valence-corrected chi connectivity index (χ4v) is 1.59. The lowest BCUT2D eigenvalue weighted by atomic mass is 10.1. The third-order valence-electron chi connectivity index (χ3n) is 2.99. The number of hydrogen-bond donors (Lipinski definition) is 1. The maximum Gasteiger partial charge on any atom is 0.225 e. The molecule has 0 saturated carbocycles. The maximum absolute atomic E-state index is 11.6. The Morgan fingerprint density at radius 3 is 2.78 bits per heavy atom. The van der Waals surface area contributed by atoms with E-state index >= 15 is 0 Å². The first kappa shape index (κ1) is 14.5. The average Bonchev–Trinajstić information content (AvgIpc) is 2.34. The third-order valence-corrected chi connectivity index (χ3v) is 2.99. The monoisotopic (exact) mass is 251 g/mol. The van der Waals surface area contributed by atoms with Gasteiger partial charge in [0, 0.05) is 13.6 Å². The summed E-state index contributed by atoms with van der Waals surface area (Å²) in [4.78, 5) is 13.1. The number of likely N-dealkylation sites (N-methyl/N-ethyl adjacent to an activating group) is 1. The summed E-state index contributed by atoms with van der Waals surface area (Å²) in [5, 5.41) is 8.73. The highest BCUT2D eigenvalue weighted by Crippen LogP contribution is 2.20. The molecule has 1 aromatic rings. The van der Waals surface area contributed by atoms with Crippen LogP contribution in [0.1, 0.15) is 17.5 Å². The number of aryl methyl sites for hydroxylation is 1. The molecule has 0 heterocycles. The van der Waals surface area contributed by atoms with Crippen LogP contribution >= 0.6 is 0 Å². The summed E-state index contributed by atoms with van der Waals surface area (Å²) in [7, 11) is 1.68. The zero-order chi connectivity index (χ0) is 13.5. The second-order valence-corrected chi connectivity index (χ2v) is 4.34. The topological polar surface area (TPSA) is 49.8 Å². The second-order valence-electron chi connectivity index (χ2n) is 4.34. The molecule has 18 heavy (non-hydrogen) atoms. The number of aliphatic hydroxyl groups is 1. The largest absolute Gasteiger partial charge is 0.493 e. The predicted octanol–water partition coefficient (Wildman–Crippen LogP) is 1.52. The van der Waals surface area contributed by atoms with Gasteiger partial charge in [0.1, 0.15) is 5.75 Å². The number of nitrogens with zero attached hydrogens (tertiary/aromatic N) is 1. The molecule has 0 saturated heterocycles. The highest BCUT2D eigenvalue weighted by molar-refractivity contribution is 5.75. The summed E-state index contributed by atoms with van der Waals surface area (Å²) < 4.78 is 5.61. The number of ether oxygens (including phenoxy) is 1. The standard InChI is InChI=1S/C14H21NO3/c1-11-5-4-6-13(12(11)2)18-10-7-14(17)15(3)8-9-16/h4-6,16H,7-10H2,1-3H3. The van der Waals surface area contributed by atoms with Gasteiger partial charge in [-0.25, -0.2) is 0 Å². The number of benzene rings is 1. The first-order chi connectivity index (χ1) is 8.56. The fraction of sp³-hybridized carbons (Fsp3) is 0.500. The Balaban J connectivity index is 2.42. The average molecular weight is 251 g/mol. The Labute approximate surface area is 108 Å². The van der Waals surface area contributed by atoms with Crippen LogP contribution in [0.2, 0.25) is 0 Å². The zero-order valence-corrected chi connectivity index (χ0v) is 11.3. The Kier molecular flexibility index (Phi) is 5.65. The van der Waals surface area contributed by atoms with E-state index in [2.05, 4.69) is 0 Å². The molecule has 1 aromatic carbocycles. The molecule has 0 aliphatic rings. The lowest BCUT2D eigenvalue weighted by Gasteiger charge is -2.16. The molecule has 1 amide bonds. The number of aliphatic hydroxyl groups excluding tert-OH is 1. The Morgan fingerprint density at radius 1 is 1.39 bits per heavy atom. The van der Waals surface area contributed by atoms with Crippen LogP contribution in [0.15, 0.2) is 18.2 Å². The summed E-state index contributed by atoms with van der Waals surface area (Å²) in [5.74, 6) is 0.807. The van der Waals surface area contributed by atoms with Gasteiger partial charge in [-0.3, -0.25) is 4.79 Å². The van der Waals surface area contributed by atoms with Crippen molar-refractivity contribution in [3.63, 3.8) is 0 Å². The Hall–Kier alpha value is -1.55. The van der Waals surface area contributed by atoms with Crippen LogP contribution in [0.4, 0.5) is 0 Å². The van der Waals surface area contributed by atoms with E-state index in [1.165, 1.54) is 10.5 Å². The van der Waals surface area contributed by atoms with Gasteiger partial charge < -0.3 is 14.7 Å². The minimum Gasteiger partial charge on any atom is -0.493 e. The molecule has 0 radical (unpaired) electrons. The second kappa shape index (κ2) is 7.01. The Morgan fingerprint density at radius 2 is 2.11 bits per heavy atom.